The minimum Gasteiger partial charge on any atom is -0.352 e. The number of rotatable bonds is 3. The van der Waals surface area contributed by atoms with E-state index in [1.807, 2.05) is 7.05 Å². The van der Waals surface area contributed by atoms with E-state index < -0.39 is 0 Å². The fourth-order valence-corrected chi connectivity index (χ4v) is 4.48. The quantitative estimate of drug-likeness (QED) is 0.938. The number of fused-ring (bicyclic) bond motifs is 2. The van der Waals surface area contributed by atoms with Crippen LogP contribution in [0.3, 0.4) is 0 Å². The monoisotopic (exact) mass is 305 g/mol. The first-order valence-electron chi connectivity index (χ1n) is 7.95. The molecule has 1 unspecified atom stereocenters. The lowest BCUT2D eigenvalue weighted by atomic mass is 9.99. The Morgan fingerprint density at radius 2 is 2.29 bits per heavy atom. The summed E-state index contributed by atoms with van der Waals surface area (Å²) in [5, 5.41) is 5.41. The van der Waals surface area contributed by atoms with Gasteiger partial charge in [-0.05, 0) is 26.4 Å². The zero-order valence-electron chi connectivity index (χ0n) is 12.6. The third-order valence-electron chi connectivity index (χ3n) is 4.82. The van der Waals surface area contributed by atoms with Crippen molar-refractivity contribution in [3.63, 3.8) is 0 Å². The Balaban J connectivity index is 1.63. The molecule has 2 saturated heterocycles. The van der Waals surface area contributed by atoms with Crippen molar-refractivity contribution < 1.29 is 0 Å². The van der Waals surface area contributed by atoms with E-state index in [4.69, 9.17) is 4.98 Å². The summed E-state index contributed by atoms with van der Waals surface area (Å²) in [5.41, 5.74) is 1.30. The lowest BCUT2D eigenvalue weighted by molar-refractivity contribution is 0.133. The molecule has 5 nitrogen and oxygen atoms in total. The lowest BCUT2D eigenvalue weighted by Crippen LogP contribution is -2.55. The molecule has 0 saturated carbocycles. The van der Waals surface area contributed by atoms with Gasteiger partial charge in [0.25, 0.3) is 0 Å². The van der Waals surface area contributed by atoms with Crippen LogP contribution in [0.15, 0.2) is 11.6 Å². The summed E-state index contributed by atoms with van der Waals surface area (Å²) in [6, 6.07) is 0.731. The van der Waals surface area contributed by atoms with Crippen LogP contribution in [0.25, 0.3) is 4.96 Å². The molecular weight excluding hydrogens is 282 g/mol. The summed E-state index contributed by atoms with van der Waals surface area (Å²) >= 11 is 1.72. The normalized spacial score (nSPS) is 23.7. The molecular formula is C15H23N5S. The van der Waals surface area contributed by atoms with Crippen molar-refractivity contribution in [2.45, 2.75) is 31.8 Å². The van der Waals surface area contributed by atoms with E-state index in [1.165, 1.54) is 43.9 Å². The molecule has 114 valence electrons. The van der Waals surface area contributed by atoms with Crippen LogP contribution < -0.4 is 10.2 Å². The molecule has 2 aromatic heterocycles. The van der Waals surface area contributed by atoms with Gasteiger partial charge in [-0.25, -0.2) is 4.98 Å². The van der Waals surface area contributed by atoms with Crippen molar-refractivity contribution in [2.24, 2.45) is 0 Å². The summed E-state index contributed by atoms with van der Waals surface area (Å²) in [5.74, 6) is 1.20. The molecule has 1 atom stereocenters. The number of piperidine rings is 1. The fraction of sp³-hybridized carbons (Fsp3) is 0.667. The predicted octanol–water partition coefficient (Wildman–Crippen LogP) is 1.79. The summed E-state index contributed by atoms with van der Waals surface area (Å²) in [7, 11) is 2.01. The van der Waals surface area contributed by atoms with Gasteiger partial charge in [-0.2, -0.15) is 0 Å². The Morgan fingerprint density at radius 3 is 3.19 bits per heavy atom. The molecule has 1 N–H and O–H groups in total. The molecule has 2 aliphatic rings. The molecule has 4 heterocycles. The van der Waals surface area contributed by atoms with Crippen molar-refractivity contribution in [1.82, 2.24) is 19.6 Å². The Bertz CT molecular complexity index is 619. The van der Waals surface area contributed by atoms with Crippen LogP contribution in [0.4, 0.5) is 5.82 Å². The topological polar surface area (TPSA) is 35.8 Å². The molecule has 0 bridgehead atoms. The number of nitrogens with one attached hydrogen (secondary N) is 1. The smallest absolute Gasteiger partial charge is 0.195 e. The van der Waals surface area contributed by atoms with Crippen LogP contribution >= 0.6 is 11.3 Å². The van der Waals surface area contributed by atoms with E-state index in [0.717, 1.165) is 30.6 Å². The van der Waals surface area contributed by atoms with Gasteiger partial charge in [0.1, 0.15) is 0 Å². The Labute approximate surface area is 129 Å². The third kappa shape index (κ3) is 2.35. The molecule has 0 aromatic carbocycles. The highest BCUT2D eigenvalue weighted by molar-refractivity contribution is 7.15. The van der Waals surface area contributed by atoms with Crippen LogP contribution in [0.1, 0.15) is 25.0 Å². The SMILES string of the molecule is CNCc1c(N2CCN3CCCCC3C2)nc2sccn12. The number of thiazole rings is 1. The molecule has 0 aliphatic carbocycles. The van der Waals surface area contributed by atoms with E-state index in [9.17, 15) is 0 Å². The summed E-state index contributed by atoms with van der Waals surface area (Å²) in [6.45, 7) is 5.60. The van der Waals surface area contributed by atoms with E-state index >= 15 is 0 Å². The fourth-order valence-electron chi connectivity index (χ4n) is 3.75. The molecule has 0 spiro atoms. The number of anilines is 1. The van der Waals surface area contributed by atoms with E-state index in [0.29, 0.717) is 0 Å². The molecule has 21 heavy (non-hydrogen) atoms. The van der Waals surface area contributed by atoms with Crippen molar-refractivity contribution in [3.05, 3.63) is 17.3 Å². The zero-order valence-corrected chi connectivity index (χ0v) is 13.4. The van der Waals surface area contributed by atoms with E-state index in [1.54, 1.807) is 11.3 Å². The molecule has 2 aromatic rings. The van der Waals surface area contributed by atoms with Crippen LogP contribution in [-0.4, -0.2) is 53.6 Å². The van der Waals surface area contributed by atoms with Crippen LogP contribution in [0, 0.1) is 0 Å². The number of aromatic nitrogens is 2. The summed E-state index contributed by atoms with van der Waals surface area (Å²) in [6.07, 6.45) is 6.25. The number of hydrogen-bond acceptors (Lipinski definition) is 5. The van der Waals surface area contributed by atoms with Gasteiger partial charge in [0.2, 0.25) is 0 Å². The van der Waals surface area contributed by atoms with Gasteiger partial charge >= 0.3 is 0 Å². The Kier molecular flexibility index (Phi) is 3.61. The number of imidazole rings is 1. The molecule has 2 aliphatic heterocycles. The standard InChI is InChI=1S/C15H23N5S/c1-16-10-13-14(17-15-20(13)8-9-21-15)19-7-6-18-5-3-2-4-12(18)11-19/h8-9,12,16H,2-7,10-11H2,1H3. The first kappa shape index (κ1) is 13.5. The average molecular weight is 305 g/mol. The second kappa shape index (κ2) is 5.59. The van der Waals surface area contributed by atoms with Crippen molar-refractivity contribution in [1.29, 1.82) is 0 Å². The first-order chi connectivity index (χ1) is 10.4. The second-order valence-electron chi connectivity index (χ2n) is 6.10. The molecule has 0 radical (unpaired) electrons. The highest BCUT2D eigenvalue weighted by Gasteiger charge is 2.31. The van der Waals surface area contributed by atoms with Gasteiger partial charge in [-0.15, -0.1) is 11.3 Å². The highest BCUT2D eigenvalue weighted by atomic mass is 32.1. The minimum absolute atomic E-state index is 0.731. The molecule has 4 rings (SSSR count). The molecule has 2 fully saturated rings. The van der Waals surface area contributed by atoms with Gasteiger partial charge in [-0.1, -0.05) is 6.42 Å². The van der Waals surface area contributed by atoms with Gasteiger partial charge in [0, 0.05) is 43.8 Å². The Hall–Kier alpha value is -1.11. The maximum absolute atomic E-state index is 4.90. The van der Waals surface area contributed by atoms with Crippen molar-refractivity contribution in [2.75, 3.05) is 38.1 Å². The maximum atomic E-state index is 4.90. The predicted molar refractivity (Wildman–Crippen MR) is 87.3 cm³/mol. The van der Waals surface area contributed by atoms with Gasteiger partial charge in [0.15, 0.2) is 10.8 Å². The van der Waals surface area contributed by atoms with Gasteiger partial charge in [0.05, 0.1) is 5.69 Å². The first-order valence-corrected chi connectivity index (χ1v) is 8.83. The largest absolute Gasteiger partial charge is 0.352 e. The number of nitrogens with zero attached hydrogens (tertiary/aromatic N) is 4. The van der Waals surface area contributed by atoms with Crippen LogP contribution in [-0.2, 0) is 6.54 Å². The van der Waals surface area contributed by atoms with Crippen LogP contribution in [0.5, 0.6) is 0 Å². The van der Waals surface area contributed by atoms with Crippen LogP contribution in [0.2, 0.25) is 0 Å². The number of piperazine rings is 1. The second-order valence-corrected chi connectivity index (χ2v) is 6.97. The summed E-state index contributed by atoms with van der Waals surface area (Å²) in [4.78, 5) is 11.2. The maximum Gasteiger partial charge on any atom is 0.195 e. The highest BCUT2D eigenvalue weighted by Crippen LogP contribution is 2.29. The molecule has 0 amide bonds. The third-order valence-corrected chi connectivity index (χ3v) is 5.58. The lowest BCUT2D eigenvalue weighted by Gasteiger charge is -2.44. The van der Waals surface area contributed by atoms with Crippen molar-refractivity contribution >= 4 is 22.1 Å². The van der Waals surface area contributed by atoms with Gasteiger partial charge in [-0.3, -0.25) is 9.30 Å². The average Bonchev–Trinajstić information content (AvgIpc) is 3.10. The molecule has 6 heteroatoms. The van der Waals surface area contributed by atoms with E-state index in [2.05, 4.69) is 31.1 Å². The number of hydrogen-bond donors (Lipinski definition) is 1. The van der Waals surface area contributed by atoms with Crippen molar-refractivity contribution in [3.8, 4) is 0 Å². The van der Waals surface area contributed by atoms with Gasteiger partial charge < -0.3 is 10.2 Å². The minimum atomic E-state index is 0.731. The summed E-state index contributed by atoms with van der Waals surface area (Å²) < 4.78 is 2.24. The zero-order chi connectivity index (χ0) is 14.2. The Morgan fingerprint density at radius 1 is 1.33 bits per heavy atom. The van der Waals surface area contributed by atoms with E-state index in [-0.39, 0.29) is 0 Å².